The number of carbonyl (C=O) groups excluding carboxylic acids is 3. The zero-order valence-corrected chi connectivity index (χ0v) is 17.8. The Kier molecular flexibility index (Phi) is 8.87. The number of hydrogen-bond acceptors (Lipinski definition) is 4. The monoisotopic (exact) mass is 410 g/mol. The molecule has 2 aromatic carbocycles. The molecule has 0 radical (unpaired) electrons. The first-order valence-corrected chi connectivity index (χ1v) is 10.1. The zero-order chi connectivity index (χ0) is 21.9. The number of hydrogen-bond donors (Lipinski definition) is 3. The summed E-state index contributed by atoms with van der Waals surface area (Å²) >= 11 is 0. The van der Waals surface area contributed by atoms with Crippen molar-refractivity contribution >= 4 is 34.8 Å². The maximum Gasteiger partial charge on any atom is 0.243 e. The molecule has 0 saturated carbocycles. The third kappa shape index (κ3) is 7.95. The van der Waals surface area contributed by atoms with E-state index < -0.39 is 0 Å². The molecule has 0 fully saturated rings. The molecule has 30 heavy (non-hydrogen) atoms. The van der Waals surface area contributed by atoms with Gasteiger partial charge in [-0.1, -0.05) is 19.1 Å². The predicted molar refractivity (Wildman–Crippen MR) is 121 cm³/mol. The van der Waals surface area contributed by atoms with E-state index in [-0.39, 0.29) is 24.3 Å². The summed E-state index contributed by atoms with van der Waals surface area (Å²) in [7, 11) is 3.48. The maximum absolute atomic E-state index is 12.2. The Morgan fingerprint density at radius 1 is 0.833 bits per heavy atom. The molecule has 2 rings (SSSR count). The molecule has 3 amide bonds. The Balaban J connectivity index is 1.81. The number of rotatable bonds is 10. The molecule has 0 heterocycles. The van der Waals surface area contributed by atoms with Crippen LogP contribution in [-0.4, -0.2) is 43.3 Å². The molecule has 0 unspecified atom stereocenters. The fourth-order valence-corrected chi connectivity index (χ4v) is 2.79. The summed E-state index contributed by atoms with van der Waals surface area (Å²) in [6.45, 7) is 2.07. The van der Waals surface area contributed by atoms with Gasteiger partial charge < -0.3 is 20.9 Å². The van der Waals surface area contributed by atoms with Gasteiger partial charge in [0, 0.05) is 44.0 Å². The van der Waals surface area contributed by atoms with Crippen molar-refractivity contribution < 1.29 is 14.4 Å². The number of aryl methyl sites for hydroxylation is 1. The van der Waals surface area contributed by atoms with Crippen molar-refractivity contribution in [1.82, 2.24) is 4.90 Å². The second kappa shape index (κ2) is 11.6. The van der Waals surface area contributed by atoms with Crippen LogP contribution in [0.15, 0.2) is 48.5 Å². The minimum absolute atomic E-state index is 0.00843. The van der Waals surface area contributed by atoms with E-state index in [1.807, 2.05) is 43.3 Å². The fraction of sp³-hybridized carbons (Fsp3) is 0.348. The highest BCUT2D eigenvalue weighted by Crippen LogP contribution is 2.15. The number of amides is 3. The van der Waals surface area contributed by atoms with Crippen LogP contribution in [0.5, 0.6) is 0 Å². The minimum Gasteiger partial charge on any atom is -0.376 e. The molecule has 3 N–H and O–H groups in total. The first-order valence-electron chi connectivity index (χ1n) is 10.1. The third-order valence-electron chi connectivity index (χ3n) is 4.44. The lowest BCUT2D eigenvalue weighted by atomic mass is 10.1. The van der Waals surface area contributed by atoms with E-state index in [0.29, 0.717) is 24.9 Å². The molecule has 2 aromatic rings. The minimum atomic E-state index is -0.170. The van der Waals surface area contributed by atoms with Crippen LogP contribution < -0.4 is 16.0 Å². The molecule has 0 aromatic heterocycles. The molecule has 160 valence electrons. The summed E-state index contributed by atoms with van der Waals surface area (Å²) in [5, 5.41) is 8.75. The van der Waals surface area contributed by atoms with Gasteiger partial charge in [-0.05, 0) is 54.8 Å². The van der Waals surface area contributed by atoms with Gasteiger partial charge in [0.1, 0.15) is 0 Å². The Hall–Kier alpha value is -3.35. The van der Waals surface area contributed by atoms with Gasteiger partial charge in [-0.25, -0.2) is 0 Å². The van der Waals surface area contributed by atoms with E-state index in [4.69, 9.17) is 0 Å². The van der Waals surface area contributed by atoms with Gasteiger partial charge in [-0.15, -0.1) is 0 Å². The van der Waals surface area contributed by atoms with Crippen molar-refractivity contribution in [1.29, 1.82) is 0 Å². The summed E-state index contributed by atoms with van der Waals surface area (Å²) in [5.41, 5.74) is 3.21. The second-order valence-corrected chi connectivity index (χ2v) is 7.27. The molecule has 0 saturated heterocycles. The van der Waals surface area contributed by atoms with Gasteiger partial charge in [0.2, 0.25) is 17.7 Å². The van der Waals surface area contributed by atoms with Crippen LogP contribution in [0.1, 0.15) is 31.7 Å². The smallest absolute Gasteiger partial charge is 0.243 e. The highest BCUT2D eigenvalue weighted by Gasteiger charge is 2.07. The molecular formula is C23H30N4O3. The summed E-state index contributed by atoms with van der Waals surface area (Å²) < 4.78 is 0. The Labute approximate surface area is 177 Å². The van der Waals surface area contributed by atoms with Gasteiger partial charge >= 0.3 is 0 Å². The average Bonchev–Trinajstić information content (AvgIpc) is 2.72. The van der Waals surface area contributed by atoms with Crippen LogP contribution in [0.2, 0.25) is 0 Å². The van der Waals surface area contributed by atoms with Crippen LogP contribution in [0.25, 0.3) is 0 Å². The fourth-order valence-electron chi connectivity index (χ4n) is 2.79. The summed E-state index contributed by atoms with van der Waals surface area (Å²) in [5.74, 6) is -0.104. The van der Waals surface area contributed by atoms with E-state index in [2.05, 4.69) is 16.0 Å². The van der Waals surface area contributed by atoms with Crippen molar-refractivity contribution in [2.24, 2.45) is 0 Å². The van der Waals surface area contributed by atoms with E-state index in [1.54, 1.807) is 31.1 Å². The van der Waals surface area contributed by atoms with E-state index in [0.717, 1.165) is 23.4 Å². The molecule has 0 aliphatic carbocycles. The standard InChI is InChI=1S/C23H30N4O3/c1-4-6-21(28)25-19-12-10-18(11-13-19)24-16-22(29)26-20-8-5-7-17(15-20)9-14-23(30)27(2)3/h5,7-8,10-13,15,24H,4,6,9,14,16H2,1-3H3,(H,25,28)(H,26,29). The first kappa shape index (κ1) is 22.9. The van der Waals surface area contributed by atoms with Gasteiger partial charge in [0.25, 0.3) is 0 Å². The van der Waals surface area contributed by atoms with Crippen LogP contribution >= 0.6 is 0 Å². The van der Waals surface area contributed by atoms with Crippen LogP contribution in [-0.2, 0) is 20.8 Å². The summed E-state index contributed by atoms with van der Waals surface area (Å²) in [4.78, 5) is 37.2. The highest BCUT2D eigenvalue weighted by molar-refractivity contribution is 5.94. The Morgan fingerprint density at radius 3 is 2.17 bits per heavy atom. The molecule has 7 nitrogen and oxygen atoms in total. The number of nitrogens with zero attached hydrogens (tertiary/aromatic N) is 1. The van der Waals surface area contributed by atoms with Crippen LogP contribution in [0.4, 0.5) is 17.1 Å². The second-order valence-electron chi connectivity index (χ2n) is 7.27. The van der Waals surface area contributed by atoms with Crippen molar-refractivity contribution in [3.63, 3.8) is 0 Å². The van der Waals surface area contributed by atoms with E-state index in [1.165, 1.54) is 0 Å². The molecule has 0 aliphatic heterocycles. The number of benzene rings is 2. The summed E-state index contributed by atoms with van der Waals surface area (Å²) in [6, 6.07) is 14.7. The largest absolute Gasteiger partial charge is 0.376 e. The molecule has 0 aliphatic rings. The number of carbonyl (C=O) groups is 3. The van der Waals surface area contributed by atoms with Crippen molar-refractivity contribution in [3.8, 4) is 0 Å². The maximum atomic E-state index is 12.2. The Morgan fingerprint density at radius 2 is 1.50 bits per heavy atom. The van der Waals surface area contributed by atoms with Gasteiger partial charge in [0.15, 0.2) is 0 Å². The van der Waals surface area contributed by atoms with Gasteiger partial charge in [0.05, 0.1) is 6.54 Å². The topological polar surface area (TPSA) is 90.5 Å². The van der Waals surface area contributed by atoms with Gasteiger partial charge in [-0.3, -0.25) is 14.4 Å². The molecule has 0 atom stereocenters. The van der Waals surface area contributed by atoms with Crippen molar-refractivity contribution in [2.45, 2.75) is 32.6 Å². The lowest BCUT2D eigenvalue weighted by molar-refractivity contribution is -0.128. The van der Waals surface area contributed by atoms with Crippen molar-refractivity contribution in [2.75, 3.05) is 36.6 Å². The third-order valence-corrected chi connectivity index (χ3v) is 4.44. The first-order chi connectivity index (χ1) is 14.4. The molecule has 7 heteroatoms. The van der Waals surface area contributed by atoms with Crippen molar-refractivity contribution in [3.05, 3.63) is 54.1 Å². The van der Waals surface area contributed by atoms with Crippen LogP contribution in [0, 0.1) is 0 Å². The molecular weight excluding hydrogens is 380 g/mol. The highest BCUT2D eigenvalue weighted by atomic mass is 16.2. The molecule has 0 bridgehead atoms. The predicted octanol–water partition coefficient (Wildman–Crippen LogP) is 3.50. The van der Waals surface area contributed by atoms with Gasteiger partial charge in [-0.2, -0.15) is 0 Å². The normalized spacial score (nSPS) is 10.2. The number of anilines is 3. The van der Waals surface area contributed by atoms with Crippen LogP contribution in [0.3, 0.4) is 0 Å². The lowest BCUT2D eigenvalue weighted by Crippen LogP contribution is -2.22. The zero-order valence-electron chi connectivity index (χ0n) is 17.8. The Bertz CT molecular complexity index is 863. The van der Waals surface area contributed by atoms with E-state index >= 15 is 0 Å². The lowest BCUT2D eigenvalue weighted by Gasteiger charge is -2.11. The molecule has 0 spiro atoms. The summed E-state index contributed by atoms with van der Waals surface area (Å²) in [6.07, 6.45) is 2.35. The van der Waals surface area contributed by atoms with E-state index in [9.17, 15) is 14.4 Å². The quantitative estimate of drug-likeness (QED) is 0.559. The average molecular weight is 411 g/mol. The SMILES string of the molecule is CCCC(=O)Nc1ccc(NCC(=O)Nc2cccc(CCC(=O)N(C)C)c2)cc1. The number of nitrogens with one attached hydrogen (secondary N) is 3.